The third kappa shape index (κ3) is 5.38. The van der Waals surface area contributed by atoms with Crippen molar-refractivity contribution in [1.29, 1.82) is 0 Å². The van der Waals surface area contributed by atoms with Crippen LogP contribution in [-0.4, -0.2) is 32.9 Å². The molecule has 0 fully saturated rings. The van der Waals surface area contributed by atoms with Gasteiger partial charge < -0.3 is 0 Å². The summed E-state index contributed by atoms with van der Waals surface area (Å²) in [5, 5.41) is -0.425. The lowest BCUT2D eigenvalue weighted by Gasteiger charge is -2.23. The van der Waals surface area contributed by atoms with Gasteiger partial charge >= 0.3 is 24.7 Å². The van der Waals surface area contributed by atoms with Crippen molar-refractivity contribution < 1.29 is 52.7 Å². The van der Waals surface area contributed by atoms with E-state index in [0.29, 0.717) is 0 Å². The minimum Gasteiger partial charge on any atom is -0.279 e. The van der Waals surface area contributed by atoms with E-state index in [1.807, 2.05) is 0 Å². The maximum Gasteiger partial charge on any atom is 0.416 e. The van der Waals surface area contributed by atoms with Crippen LogP contribution in [0.2, 0.25) is 0 Å². The molecular formula is C42H18F12N4O2. The Kier molecular flexibility index (Phi) is 7.47. The monoisotopic (exact) mass is 838 g/mol. The number of nitrogens with zero attached hydrogens (tertiary/aromatic N) is 4. The van der Waals surface area contributed by atoms with E-state index in [1.165, 1.54) is 12.1 Å². The van der Waals surface area contributed by atoms with E-state index in [2.05, 4.69) is 9.98 Å². The Morgan fingerprint density at radius 1 is 0.467 bits per heavy atom. The molecule has 4 heterocycles. The molecule has 0 N–H and O–H groups in total. The molecule has 0 saturated heterocycles. The molecule has 0 radical (unpaired) electrons. The third-order valence-corrected chi connectivity index (χ3v) is 11.1. The van der Waals surface area contributed by atoms with Crippen LogP contribution in [0.25, 0.3) is 54.6 Å². The smallest absolute Gasteiger partial charge is 0.279 e. The Morgan fingerprint density at radius 3 is 1.13 bits per heavy atom. The lowest BCUT2D eigenvalue weighted by Crippen LogP contribution is -2.28. The predicted molar refractivity (Wildman–Crippen MR) is 198 cm³/mol. The van der Waals surface area contributed by atoms with Crippen molar-refractivity contribution in [3.63, 3.8) is 0 Å². The second-order valence-electron chi connectivity index (χ2n) is 14.5. The van der Waals surface area contributed by atoms with E-state index < -0.39 is 70.2 Å². The number of hydrogen-bond acceptors (Lipinski definition) is 4. The third-order valence-electron chi connectivity index (χ3n) is 11.1. The van der Waals surface area contributed by atoms with Crippen molar-refractivity contribution in [2.75, 3.05) is 0 Å². The van der Waals surface area contributed by atoms with Crippen LogP contribution in [0.1, 0.15) is 23.2 Å². The summed E-state index contributed by atoms with van der Waals surface area (Å²) in [7, 11) is 0. The molecule has 4 aromatic carbocycles. The molecule has 302 valence electrons. The van der Waals surface area contributed by atoms with E-state index in [0.717, 1.165) is 94.1 Å². The number of fused-ring (bicyclic) bond motifs is 8. The number of benzene rings is 4. The van der Waals surface area contributed by atoms with Gasteiger partial charge in [-0.05, 0) is 70.8 Å². The minimum absolute atomic E-state index is 0.0182. The van der Waals surface area contributed by atoms with E-state index in [-0.39, 0.29) is 77.6 Å². The van der Waals surface area contributed by atoms with E-state index >= 15 is 0 Å². The second kappa shape index (κ2) is 11.9. The number of halogens is 12. The summed E-state index contributed by atoms with van der Waals surface area (Å²) in [6.07, 6.45) is -14.0. The topological polar surface area (TPSA) is 68.7 Å². The van der Waals surface area contributed by atoms with Gasteiger partial charge in [0, 0.05) is 32.3 Å². The summed E-state index contributed by atoms with van der Waals surface area (Å²) in [5.41, 5.74) is -6.21. The van der Waals surface area contributed by atoms with Crippen molar-refractivity contribution in [1.82, 2.24) is 9.13 Å². The first-order valence-corrected chi connectivity index (χ1v) is 17.7. The van der Waals surface area contributed by atoms with Gasteiger partial charge in [-0.2, -0.15) is 52.7 Å². The summed E-state index contributed by atoms with van der Waals surface area (Å²) in [5.74, 6) is -0.419. The van der Waals surface area contributed by atoms with Gasteiger partial charge in [0.05, 0.1) is 45.8 Å². The van der Waals surface area contributed by atoms with Gasteiger partial charge in [0.15, 0.2) is 0 Å². The molecule has 2 aliphatic carbocycles. The molecule has 60 heavy (non-hydrogen) atoms. The summed E-state index contributed by atoms with van der Waals surface area (Å²) in [4.78, 5) is 38.5. The molecule has 10 rings (SSSR count). The van der Waals surface area contributed by atoms with Gasteiger partial charge in [0.2, 0.25) is 0 Å². The summed E-state index contributed by atoms with van der Waals surface area (Å²) in [6, 6.07) is 7.61. The molecule has 0 amide bonds. The standard InChI is InChI=1S/C42H18F12N4O2/c43-39(44,45)19-5-1-17(2-6-19)23-15-25-32-31-26(38(60)57-29-11-9-21(41(49,50)51)13-27(29)55-35(57)33(23)31)16-24(18-3-7-20(8-4-18)40(46,47)48)34(32)36-56-28-14-22(42(52,53)54)10-12-30(28)58(36)37(25)59/h1-16,29-30H. The van der Waals surface area contributed by atoms with Crippen LogP contribution in [0.5, 0.6) is 0 Å². The van der Waals surface area contributed by atoms with Crippen LogP contribution >= 0.6 is 0 Å². The van der Waals surface area contributed by atoms with Gasteiger partial charge in [-0.15, -0.1) is 0 Å². The molecule has 0 saturated carbocycles. The zero-order valence-corrected chi connectivity index (χ0v) is 29.5. The molecule has 0 spiro atoms. The fraction of sp³-hybridized carbons (Fsp3) is 0.143. The average Bonchev–Trinajstić information content (AvgIpc) is 3.76. The van der Waals surface area contributed by atoms with Gasteiger partial charge in [-0.25, -0.2) is 9.98 Å². The predicted octanol–water partition coefficient (Wildman–Crippen LogP) is 11.7. The number of aromatic nitrogens is 2. The molecule has 18 heteroatoms. The molecule has 2 atom stereocenters. The highest BCUT2D eigenvalue weighted by Gasteiger charge is 2.41. The fourth-order valence-corrected chi connectivity index (χ4v) is 8.40. The summed E-state index contributed by atoms with van der Waals surface area (Å²) < 4.78 is 168. The first kappa shape index (κ1) is 37.5. The zero-order chi connectivity index (χ0) is 42.6. The number of aliphatic imine (C=N–C) groups is 2. The quantitative estimate of drug-likeness (QED) is 0.129. The average molecular weight is 839 g/mol. The molecule has 4 aliphatic rings. The van der Waals surface area contributed by atoms with E-state index in [1.54, 1.807) is 0 Å². The largest absolute Gasteiger partial charge is 0.416 e. The van der Waals surface area contributed by atoms with Crippen LogP contribution in [0, 0.1) is 0 Å². The van der Waals surface area contributed by atoms with Crippen molar-refractivity contribution in [3.8, 4) is 22.3 Å². The highest BCUT2D eigenvalue weighted by Crippen LogP contribution is 2.52. The van der Waals surface area contributed by atoms with Gasteiger partial charge in [0.25, 0.3) is 11.1 Å². The van der Waals surface area contributed by atoms with Crippen LogP contribution in [0.4, 0.5) is 64.3 Å². The summed E-state index contributed by atoms with van der Waals surface area (Å²) in [6.45, 7) is 0. The van der Waals surface area contributed by atoms with Gasteiger partial charge in [-0.1, -0.05) is 48.6 Å². The Morgan fingerprint density at radius 2 is 0.817 bits per heavy atom. The molecule has 0 bridgehead atoms. The molecule has 2 aliphatic heterocycles. The van der Waals surface area contributed by atoms with Crippen molar-refractivity contribution in [2.24, 2.45) is 9.98 Å². The molecule has 6 nitrogen and oxygen atoms in total. The van der Waals surface area contributed by atoms with Crippen molar-refractivity contribution in [3.05, 3.63) is 140 Å². The van der Waals surface area contributed by atoms with E-state index in [9.17, 15) is 62.3 Å². The van der Waals surface area contributed by atoms with Crippen LogP contribution in [-0.2, 0) is 12.4 Å². The number of hydrogen-bond donors (Lipinski definition) is 0. The number of rotatable bonds is 2. The molecular weight excluding hydrogens is 820 g/mol. The van der Waals surface area contributed by atoms with Crippen molar-refractivity contribution >= 4 is 55.4 Å². The maximum atomic E-state index is 14.8. The zero-order valence-electron chi connectivity index (χ0n) is 29.5. The molecule has 2 unspecified atom stereocenters. The fourth-order valence-electron chi connectivity index (χ4n) is 8.40. The Hall–Kier alpha value is -6.72. The van der Waals surface area contributed by atoms with Crippen LogP contribution in [0.3, 0.4) is 0 Å². The first-order chi connectivity index (χ1) is 28.1. The molecule has 6 aromatic rings. The lowest BCUT2D eigenvalue weighted by molar-refractivity contribution is -0.138. The number of allylic oxidation sites excluding steroid dienone is 8. The Labute approximate surface area is 326 Å². The van der Waals surface area contributed by atoms with Crippen molar-refractivity contribution in [2.45, 2.75) is 36.8 Å². The normalized spacial score (nSPS) is 18.7. The number of alkyl halides is 12. The highest BCUT2D eigenvalue weighted by molar-refractivity contribution is 6.33. The summed E-state index contributed by atoms with van der Waals surface area (Å²) >= 11 is 0. The van der Waals surface area contributed by atoms with Crippen LogP contribution < -0.4 is 11.1 Å². The second-order valence-corrected chi connectivity index (χ2v) is 14.5. The maximum absolute atomic E-state index is 14.8. The SMILES string of the molecule is O=c1c2cc(-c3ccc(C(F)(F)F)cc3)c3c4n(c(=O)c5cc(-c6ccc(C(F)(F)F)cc6)c(c6n1C1C=CC(C(F)(F)F)=CC1=N6)c2c35)C1C=CC(C(F)(F)F)=CC1=N4. The Bertz CT molecular complexity index is 3010. The van der Waals surface area contributed by atoms with E-state index in [4.69, 9.17) is 0 Å². The molecule has 2 aromatic heterocycles. The first-order valence-electron chi connectivity index (χ1n) is 17.7. The minimum atomic E-state index is -4.82. The van der Waals surface area contributed by atoms with Gasteiger partial charge in [-0.3, -0.25) is 18.7 Å². The number of pyridine rings is 2. The lowest BCUT2D eigenvalue weighted by atomic mass is 9.86. The Balaban J connectivity index is 1.38. The van der Waals surface area contributed by atoms with Crippen LogP contribution in [0.15, 0.2) is 128 Å². The highest BCUT2D eigenvalue weighted by atomic mass is 19.4. The van der Waals surface area contributed by atoms with Gasteiger partial charge in [0.1, 0.15) is 11.6 Å².